The second-order valence-electron chi connectivity index (χ2n) is 7.39. The van der Waals surface area contributed by atoms with Gasteiger partial charge in [0.25, 0.3) is 0 Å². The molecule has 0 amide bonds. The van der Waals surface area contributed by atoms with Gasteiger partial charge in [-0.1, -0.05) is 12.8 Å². The van der Waals surface area contributed by atoms with Crippen LogP contribution in [-0.2, 0) is 0 Å². The van der Waals surface area contributed by atoms with Crippen LogP contribution in [0.15, 0.2) is 12.1 Å². The summed E-state index contributed by atoms with van der Waals surface area (Å²) < 4.78 is 1.74. The Morgan fingerprint density at radius 3 is 2.61 bits per heavy atom. The zero-order valence-corrected chi connectivity index (χ0v) is 14.0. The fourth-order valence-corrected chi connectivity index (χ4v) is 4.31. The van der Waals surface area contributed by atoms with E-state index in [-0.39, 0.29) is 0 Å². The summed E-state index contributed by atoms with van der Waals surface area (Å²) in [6, 6.07) is 4.03. The molecular formula is C18H27N5. The first-order valence-corrected chi connectivity index (χ1v) is 9.04. The highest BCUT2D eigenvalue weighted by Gasteiger charge is 2.25. The normalized spacial score (nSPS) is 21.4. The minimum Gasteiger partial charge on any atom is -0.384 e. The molecule has 2 aromatic heterocycles. The molecular weight excluding hydrogens is 286 g/mol. The summed E-state index contributed by atoms with van der Waals surface area (Å²) in [7, 11) is 0. The molecule has 3 heterocycles. The number of nitrogen functional groups attached to an aromatic ring is 1. The molecule has 0 radical (unpaired) electrons. The summed E-state index contributed by atoms with van der Waals surface area (Å²) in [6.45, 7) is 5.69. The molecule has 0 bridgehead atoms. The van der Waals surface area contributed by atoms with Gasteiger partial charge < -0.3 is 10.6 Å². The number of hydrogen-bond acceptors (Lipinski definition) is 4. The topological polar surface area (TPSA) is 59.5 Å². The highest BCUT2D eigenvalue weighted by atomic mass is 15.3. The number of aryl methyl sites for hydroxylation is 1. The van der Waals surface area contributed by atoms with E-state index in [9.17, 15) is 0 Å². The van der Waals surface area contributed by atoms with E-state index in [4.69, 9.17) is 10.7 Å². The predicted molar refractivity (Wildman–Crippen MR) is 92.5 cm³/mol. The summed E-state index contributed by atoms with van der Waals surface area (Å²) in [5.74, 6) is 2.19. The Morgan fingerprint density at radius 2 is 1.87 bits per heavy atom. The summed E-state index contributed by atoms with van der Waals surface area (Å²) in [5.41, 5.74) is 9.16. The average Bonchev–Trinajstić information content (AvgIpc) is 3.17. The van der Waals surface area contributed by atoms with Crippen molar-refractivity contribution in [2.24, 2.45) is 5.92 Å². The van der Waals surface area contributed by atoms with Crippen LogP contribution in [0.25, 0.3) is 5.65 Å². The monoisotopic (exact) mass is 313 g/mol. The van der Waals surface area contributed by atoms with Gasteiger partial charge in [-0.05, 0) is 51.6 Å². The van der Waals surface area contributed by atoms with Crippen LogP contribution in [0, 0.1) is 12.8 Å². The highest BCUT2D eigenvalue weighted by Crippen LogP contribution is 2.31. The molecule has 124 valence electrons. The van der Waals surface area contributed by atoms with Gasteiger partial charge in [0.2, 0.25) is 0 Å². The van der Waals surface area contributed by atoms with Crippen molar-refractivity contribution in [1.29, 1.82) is 0 Å². The Hall–Kier alpha value is -1.62. The van der Waals surface area contributed by atoms with Crippen molar-refractivity contribution in [3.8, 4) is 0 Å². The summed E-state index contributed by atoms with van der Waals surface area (Å²) in [6.07, 6.45) is 8.15. The number of nitrogens with zero attached hydrogens (tertiary/aromatic N) is 4. The maximum Gasteiger partial charge on any atom is 0.157 e. The molecule has 1 aliphatic heterocycles. The largest absolute Gasteiger partial charge is 0.384 e. The van der Waals surface area contributed by atoms with E-state index < -0.39 is 0 Å². The molecule has 23 heavy (non-hydrogen) atoms. The summed E-state index contributed by atoms with van der Waals surface area (Å²) in [4.78, 5) is 7.47. The minimum atomic E-state index is 0.539. The number of likely N-dealkylation sites (tertiary alicyclic amines) is 1. The maximum absolute atomic E-state index is 6.16. The first-order chi connectivity index (χ1) is 11.2. The molecule has 1 saturated carbocycles. The first kappa shape index (κ1) is 14.9. The van der Waals surface area contributed by atoms with Crippen LogP contribution in [0.4, 0.5) is 5.82 Å². The molecule has 2 aromatic rings. The SMILES string of the molecule is Cc1cc2nc(C3CCN(CC4CCCC4)CC3)cc(N)n2n1. The zero-order chi connectivity index (χ0) is 15.8. The summed E-state index contributed by atoms with van der Waals surface area (Å²) >= 11 is 0. The van der Waals surface area contributed by atoms with Crippen molar-refractivity contribution in [3.63, 3.8) is 0 Å². The Balaban J connectivity index is 1.43. The number of fused-ring (bicyclic) bond motifs is 1. The molecule has 0 spiro atoms. The van der Waals surface area contributed by atoms with Crippen LogP contribution in [0.5, 0.6) is 0 Å². The lowest BCUT2D eigenvalue weighted by Gasteiger charge is -2.33. The van der Waals surface area contributed by atoms with Gasteiger partial charge in [0, 0.05) is 30.3 Å². The molecule has 5 nitrogen and oxygen atoms in total. The Morgan fingerprint density at radius 1 is 1.13 bits per heavy atom. The Labute approximate surface area is 137 Å². The second-order valence-corrected chi connectivity index (χ2v) is 7.39. The molecule has 2 aliphatic rings. The zero-order valence-electron chi connectivity index (χ0n) is 14.0. The Bertz CT molecular complexity index is 678. The number of aromatic nitrogens is 3. The second kappa shape index (κ2) is 6.11. The van der Waals surface area contributed by atoms with E-state index in [0.717, 1.165) is 23.0 Å². The van der Waals surface area contributed by atoms with Crippen molar-refractivity contribution in [2.45, 2.75) is 51.4 Å². The molecule has 5 heteroatoms. The standard InChI is InChI=1S/C18H27N5/c1-13-10-18-20-16(11-17(19)23(18)21-13)15-6-8-22(9-7-15)12-14-4-2-3-5-14/h10-11,14-15H,2-9,12,19H2,1H3. The Kier molecular flexibility index (Phi) is 3.97. The highest BCUT2D eigenvalue weighted by molar-refractivity contribution is 5.48. The van der Waals surface area contributed by atoms with Crippen LogP contribution < -0.4 is 5.73 Å². The summed E-state index contributed by atoms with van der Waals surface area (Å²) in [5, 5.41) is 4.39. The van der Waals surface area contributed by atoms with Crippen LogP contribution in [-0.4, -0.2) is 39.1 Å². The number of piperidine rings is 1. The van der Waals surface area contributed by atoms with E-state index in [0.29, 0.717) is 11.7 Å². The van der Waals surface area contributed by atoms with Gasteiger partial charge in [-0.25, -0.2) is 4.98 Å². The molecule has 2 N–H and O–H groups in total. The van der Waals surface area contributed by atoms with Crippen LogP contribution in [0.1, 0.15) is 55.8 Å². The molecule has 2 fully saturated rings. The van der Waals surface area contributed by atoms with Crippen LogP contribution in [0.3, 0.4) is 0 Å². The van der Waals surface area contributed by atoms with E-state index >= 15 is 0 Å². The molecule has 1 saturated heterocycles. The number of rotatable bonds is 3. The lowest BCUT2D eigenvalue weighted by Crippen LogP contribution is -2.36. The third kappa shape index (κ3) is 3.07. The number of nitrogens with two attached hydrogens (primary N) is 1. The fraction of sp³-hybridized carbons (Fsp3) is 0.667. The van der Waals surface area contributed by atoms with Crippen LogP contribution >= 0.6 is 0 Å². The predicted octanol–water partition coefficient (Wildman–Crippen LogP) is 2.99. The van der Waals surface area contributed by atoms with Gasteiger partial charge in [-0.3, -0.25) is 0 Å². The van der Waals surface area contributed by atoms with Gasteiger partial charge in [-0.15, -0.1) is 0 Å². The van der Waals surface area contributed by atoms with E-state index in [1.807, 2.05) is 19.1 Å². The van der Waals surface area contributed by atoms with Crippen molar-refractivity contribution < 1.29 is 0 Å². The molecule has 4 rings (SSSR count). The lowest BCUT2D eigenvalue weighted by molar-refractivity contribution is 0.182. The fourth-order valence-electron chi connectivity index (χ4n) is 4.31. The molecule has 0 atom stereocenters. The van der Waals surface area contributed by atoms with E-state index in [2.05, 4.69) is 10.00 Å². The number of hydrogen-bond donors (Lipinski definition) is 1. The van der Waals surface area contributed by atoms with Gasteiger partial charge >= 0.3 is 0 Å². The smallest absolute Gasteiger partial charge is 0.157 e. The van der Waals surface area contributed by atoms with E-state index in [1.165, 1.54) is 58.2 Å². The van der Waals surface area contributed by atoms with Crippen LogP contribution in [0.2, 0.25) is 0 Å². The van der Waals surface area contributed by atoms with Crippen molar-refractivity contribution in [2.75, 3.05) is 25.4 Å². The van der Waals surface area contributed by atoms with Gasteiger partial charge in [0.05, 0.1) is 5.69 Å². The van der Waals surface area contributed by atoms with Gasteiger partial charge in [0.15, 0.2) is 5.65 Å². The molecule has 1 aliphatic carbocycles. The maximum atomic E-state index is 6.16. The number of anilines is 1. The minimum absolute atomic E-state index is 0.539. The molecule has 0 unspecified atom stereocenters. The van der Waals surface area contributed by atoms with E-state index in [1.54, 1.807) is 4.52 Å². The lowest BCUT2D eigenvalue weighted by atomic mass is 9.92. The molecule has 0 aromatic carbocycles. The first-order valence-electron chi connectivity index (χ1n) is 9.04. The van der Waals surface area contributed by atoms with Crippen molar-refractivity contribution >= 4 is 11.5 Å². The third-order valence-corrected chi connectivity index (χ3v) is 5.59. The quantitative estimate of drug-likeness (QED) is 0.946. The van der Waals surface area contributed by atoms with Crippen molar-refractivity contribution in [1.82, 2.24) is 19.5 Å². The van der Waals surface area contributed by atoms with Crippen molar-refractivity contribution in [3.05, 3.63) is 23.5 Å². The van der Waals surface area contributed by atoms with Gasteiger partial charge in [0.1, 0.15) is 5.82 Å². The van der Waals surface area contributed by atoms with Gasteiger partial charge in [-0.2, -0.15) is 9.61 Å². The average molecular weight is 313 g/mol. The third-order valence-electron chi connectivity index (χ3n) is 5.59.